The number of nitrogens with one attached hydrogen (secondary N) is 1. The fourth-order valence-electron chi connectivity index (χ4n) is 4.15. The van der Waals surface area contributed by atoms with Crippen LogP contribution in [0.3, 0.4) is 0 Å². The number of aryl methyl sites for hydroxylation is 1. The van der Waals surface area contributed by atoms with E-state index < -0.39 is 10.0 Å². The molecule has 0 bridgehead atoms. The van der Waals surface area contributed by atoms with Crippen LogP contribution in [0.4, 0.5) is 11.5 Å². The zero-order chi connectivity index (χ0) is 21.1. The summed E-state index contributed by atoms with van der Waals surface area (Å²) in [6, 6.07) is 8.57. The topological polar surface area (TPSA) is 82.6 Å². The number of amides is 1. The van der Waals surface area contributed by atoms with Crippen molar-refractivity contribution in [3.05, 3.63) is 47.7 Å². The maximum absolute atomic E-state index is 13.1. The van der Waals surface area contributed by atoms with Gasteiger partial charge in [-0.1, -0.05) is 12.5 Å². The predicted molar refractivity (Wildman–Crippen MR) is 117 cm³/mol. The molecule has 2 aromatic rings. The summed E-state index contributed by atoms with van der Waals surface area (Å²) in [5.74, 6) is 0.399. The first-order chi connectivity index (χ1) is 14.5. The zero-order valence-electron chi connectivity index (χ0n) is 17.3. The van der Waals surface area contributed by atoms with Crippen LogP contribution in [0.1, 0.15) is 48.0 Å². The summed E-state index contributed by atoms with van der Waals surface area (Å²) in [6.45, 7) is 4.66. The molecular formula is C22H28N4O3S. The molecule has 160 valence electrons. The summed E-state index contributed by atoms with van der Waals surface area (Å²) in [5.41, 5.74) is 1.65. The van der Waals surface area contributed by atoms with Gasteiger partial charge in [-0.05, 0) is 62.4 Å². The van der Waals surface area contributed by atoms with Crippen LogP contribution in [-0.2, 0) is 10.0 Å². The van der Waals surface area contributed by atoms with Crippen LogP contribution in [0.2, 0.25) is 0 Å². The van der Waals surface area contributed by atoms with Crippen LogP contribution in [0.25, 0.3) is 0 Å². The molecule has 1 aromatic heterocycles. The number of hydrogen-bond acceptors (Lipinski definition) is 5. The minimum atomic E-state index is -3.58. The second kappa shape index (κ2) is 8.73. The lowest BCUT2D eigenvalue weighted by Crippen LogP contribution is -2.36. The average molecular weight is 429 g/mol. The Morgan fingerprint density at radius 3 is 2.43 bits per heavy atom. The lowest BCUT2D eigenvalue weighted by Gasteiger charge is -2.26. The quantitative estimate of drug-likeness (QED) is 0.789. The normalized spacial score (nSPS) is 17.8. The number of benzene rings is 1. The molecule has 4 rings (SSSR count). The van der Waals surface area contributed by atoms with E-state index >= 15 is 0 Å². The molecule has 2 aliphatic rings. The van der Waals surface area contributed by atoms with Crippen molar-refractivity contribution in [1.29, 1.82) is 0 Å². The molecule has 7 nitrogen and oxygen atoms in total. The molecule has 1 N–H and O–H groups in total. The van der Waals surface area contributed by atoms with E-state index in [9.17, 15) is 13.2 Å². The first-order valence-corrected chi connectivity index (χ1v) is 12.0. The maximum atomic E-state index is 13.1. The van der Waals surface area contributed by atoms with Gasteiger partial charge in [-0.2, -0.15) is 4.31 Å². The highest BCUT2D eigenvalue weighted by atomic mass is 32.2. The SMILES string of the molecule is Cc1ccc(NC(=O)c2cccnc2N2CCCC2)cc1S(=O)(=O)N1CCCCC1. The number of anilines is 2. The molecule has 0 atom stereocenters. The third-order valence-corrected chi connectivity index (χ3v) is 7.86. The molecule has 8 heteroatoms. The molecule has 2 fully saturated rings. The van der Waals surface area contributed by atoms with Gasteiger partial charge in [-0.3, -0.25) is 4.79 Å². The van der Waals surface area contributed by atoms with Gasteiger partial charge in [0.15, 0.2) is 0 Å². The number of nitrogens with zero attached hydrogens (tertiary/aromatic N) is 3. The molecule has 2 aliphatic heterocycles. The van der Waals surface area contributed by atoms with E-state index in [0.717, 1.165) is 45.2 Å². The second-order valence-corrected chi connectivity index (χ2v) is 9.87. The van der Waals surface area contributed by atoms with Crippen LogP contribution < -0.4 is 10.2 Å². The highest BCUT2D eigenvalue weighted by Crippen LogP contribution is 2.27. The molecule has 0 radical (unpaired) electrons. The Morgan fingerprint density at radius 1 is 1.00 bits per heavy atom. The Morgan fingerprint density at radius 2 is 1.70 bits per heavy atom. The molecule has 0 spiro atoms. The first-order valence-electron chi connectivity index (χ1n) is 10.6. The van der Waals surface area contributed by atoms with Crippen LogP contribution in [0.15, 0.2) is 41.4 Å². The molecule has 1 aromatic carbocycles. The predicted octanol–water partition coefficient (Wildman–Crippen LogP) is 3.42. The van der Waals surface area contributed by atoms with Gasteiger partial charge in [0.25, 0.3) is 5.91 Å². The summed E-state index contributed by atoms with van der Waals surface area (Å²) >= 11 is 0. The van der Waals surface area contributed by atoms with Gasteiger partial charge in [0, 0.05) is 38.1 Å². The maximum Gasteiger partial charge on any atom is 0.259 e. The number of carbonyl (C=O) groups excluding carboxylic acids is 1. The third kappa shape index (κ3) is 4.20. The van der Waals surface area contributed by atoms with Crippen molar-refractivity contribution in [2.24, 2.45) is 0 Å². The van der Waals surface area contributed by atoms with Gasteiger partial charge in [-0.25, -0.2) is 13.4 Å². The summed E-state index contributed by atoms with van der Waals surface area (Å²) < 4.78 is 27.8. The van der Waals surface area contributed by atoms with Crippen LogP contribution in [0, 0.1) is 6.92 Å². The van der Waals surface area contributed by atoms with Crippen molar-refractivity contribution in [2.75, 3.05) is 36.4 Å². The Hall–Kier alpha value is -2.45. The van der Waals surface area contributed by atoms with Gasteiger partial charge in [-0.15, -0.1) is 0 Å². The Labute approximate surface area is 178 Å². The molecule has 0 unspecified atom stereocenters. The van der Waals surface area contributed by atoms with E-state index in [1.807, 2.05) is 0 Å². The molecule has 0 saturated carbocycles. The Balaban J connectivity index is 1.59. The molecular weight excluding hydrogens is 400 g/mol. The summed E-state index contributed by atoms with van der Waals surface area (Å²) in [7, 11) is -3.58. The van der Waals surface area contributed by atoms with Gasteiger partial charge in [0.2, 0.25) is 10.0 Å². The van der Waals surface area contributed by atoms with Gasteiger partial charge >= 0.3 is 0 Å². The van der Waals surface area contributed by atoms with Gasteiger partial charge in [0.1, 0.15) is 5.82 Å². The second-order valence-electron chi connectivity index (χ2n) is 7.97. The standard InChI is InChI=1S/C22H28N4O3S/c1-17-9-10-18(16-20(17)30(28,29)26-14-3-2-4-15-26)24-22(27)19-8-7-11-23-21(19)25-12-5-6-13-25/h7-11,16H,2-6,12-15H2,1H3,(H,24,27). The smallest absolute Gasteiger partial charge is 0.259 e. The first kappa shape index (κ1) is 20.8. The summed E-state index contributed by atoms with van der Waals surface area (Å²) in [4.78, 5) is 19.8. The van der Waals surface area contributed by atoms with Crippen molar-refractivity contribution in [2.45, 2.75) is 43.9 Å². The van der Waals surface area contributed by atoms with Crippen LogP contribution in [0.5, 0.6) is 0 Å². The van der Waals surface area contributed by atoms with Crippen molar-refractivity contribution >= 4 is 27.4 Å². The molecule has 30 heavy (non-hydrogen) atoms. The minimum absolute atomic E-state index is 0.258. The number of carbonyl (C=O) groups is 1. The Bertz CT molecular complexity index is 1030. The average Bonchev–Trinajstić information content (AvgIpc) is 3.30. The van der Waals surface area contributed by atoms with Crippen LogP contribution >= 0.6 is 0 Å². The van der Waals surface area contributed by atoms with Crippen molar-refractivity contribution in [1.82, 2.24) is 9.29 Å². The minimum Gasteiger partial charge on any atom is -0.356 e. The third-order valence-electron chi connectivity index (χ3n) is 5.82. The van der Waals surface area contributed by atoms with Crippen molar-refractivity contribution < 1.29 is 13.2 Å². The number of pyridine rings is 1. The number of rotatable bonds is 5. The van der Waals surface area contributed by atoms with Crippen molar-refractivity contribution in [3.8, 4) is 0 Å². The highest BCUT2D eigenvalue weighted by molar-refractivity contribution is 7.89. The fraction of sp³-hybridized carbons (Fsp3) is 0.455. The molecule has 3 heterocycles. The van der Waals surface area contributed by atoms with Gasteiger partial charge in [0.05, 0.1) is 10.5 Å². The Kier molecular flexibility index (Phi) is 6.06. The highest BCUT2D eigenvalue weighted by Gasteiger charge is 2.28. The largest absolute Gasteiger partial charge is 0.356 e. The van der Waals surface area contributed by atoms with Gasteiger partial charge < -0.3 is 10.2 Å². The van der Waals surface area contributed by atoms with E-state index in [4.69, 9.17) is 0 Å². The van der Waals surface area contributed by atoms with E-state index in [-0.39, 0.29) is 10.8 Å². The molecule has 0 aliphatic carbocycles. The number of piperidine rings is 1. The zero-order valence-corrected chi connectivity index (χ0v) is 18.1. The molecule has 2 saturated heterocycles. The van der Waals surface area contributed by atoms with Crippen LogP contribution in [-0.4, -0.2) is 49.8 Å². The number of hydrogen-bond donors (Lipinski definition) is 1. The monoisotopic (exact) mass is 428 g/mol. The lowest BCUT2D eigenvalue weighted by atomic mass is 10.2. The van der Waals surface area contributed by atoms with E-state index in [2.05, 4.69) is 15.2 Å². The van der Waals surface area contributed by atoms with Crippen molar-refractivity contribution in [3.63, 3.8) is 0 Å². The molecule has 1 amide bonds. The van der Waals surface area contributed by atoms with E-state index in [1.54, 1.807) is 47.8 Å². The summed E-state index contributed by atoms with van der Waals surface area (Å²) in [6.07, 6.45) is 6.70. The lowest BCUT2D eigenvalue weighted by molar-refractivity contribution is 0.102. The summed E-state index contributed by atoms with van der Waals surface area (Å²) in [5, 5.41) is 2.88. The fourth-order valence-corrected chi connectivity index (χ4v) is 5.92. The number of aromatic nitrogens is 1. The number of sulfonamides is 1. The van der Waals surface area contributed by atoms with E-state index in [1.165, 1.54) is 0 Å². The van der Waals surface area contributed by atoms with E-state index in [0.29, 0.717) is 35.7 Å².